The molecule has 2 rings (SSSR count). The van der Waals surface area contributed by atoms with E-state index in [0.717, 1.165) is 12.8 Å². The van der Waals surface area contributed by atoms with Crippen molar-refractivity contribution in [2.24, 2.45) is 11.3 Å². The van der Waals surface area contributed by atoms with E-state index >= 15 is 0 Å². The Hall–Kier alpha value is -2.00. The van der Waals surface area contributed by atoms with Gasteiger partial charge in [-0.3, -0.25) is 0 Å². The fourth-order valence-corrected chi connectivity index (χ4v) is 2.51. The molecule has 0 aliphatic carbocycles. The lowest BCUT2D eigenvalue weighted by atomic mass is 9.94. The van der Waals surface area contributed by atoms with Crippen LogP contribution in [0.5, 0.6) is 0 Å². The lowest BCUT2D eigenvalue weighted by molar-refractivity contribution is 0.545. The van der Waals surface area contributed by atoms with Gasteiger partial charge in [-0.15, -0.1) is 0 Å². The predicted octanol–water partition coefficient (Wildman–Crippen LogP) is 6.32. The molecule has 0 heteroatoms. The molecule has 0 amide bonds. The molecular formula is C22H26. The summed E-state index contributed by atoms with van der Waals surface area (Å²) in [6.07, 6.45) is 6.31. The molecule has 0 bridgehead atoms. The molecule has 0 spiro atoms. The fraction of sp³-hybridized carbons (Fsp3) is 0.364. The van der Waals surface area contributed by atoms with E-state index in [1.54, 1.807) is 0 Å². The predicted molar refractivity (Wildman–Crippen MR) is 97.1 cm³/mol. The third kappa shape index (κ3) is 5.08. The Balaban J connectivity index is 2.04. The first kappa shape index (κ1) is 16.4. The number of allylic oxidation sites excluding steroid dienone is 2. The molecule has 0 N–H and O–H groups in total. The van der Waals surface area contributed by atoms with E-state index in [0.29, 0.717) is 5.92 Å². The molecule has 0 heterocycles. The minimum Gasteiger partial charge on any atom is -0.0749 e. The van der Waals surface area contributed by atoms with Crippen molar-refractivity contribution in [1.29, 1.82) is 0 Å². The van der Waals surface area contributed by atoms with Gasteiger partial charge in [-0.2, -0.15) is 0 Å². The van der Waals surface area contributed by atoms with Crippen LogP contribution in [0, 0.1) is 11.3 Å². The average Bonchev–Trinajstić information content (AvgIpc) is 2.46. The highest BCUT2D eigenvalue weighted by Crippen LogP contribution is 2.22. The van der Waals surface area contributed by atoms with Crippen molar-refractivity contribution in [2.45, 2.75) is 40.5 Å². The molecule has 114 valence electrons. The Bertz CT molecular complexity index is 710. The highest BCUT2D eigenvalue weighted by atomic mass is 14.1. The first-order valence-electron chi connectivity index (χ1n) is 8.09. The Labute approximate surface area is 134 Å². The molecule has 0 aliphatic rings. The minimum atomic E-state index is 0.176. The largest absolute Gasteiger partial charge is 0.0749 e. The summed E-state index contributed by atoms with van der Waals surface area (Å²) in [6, 6.07) is 15.2. The number of rotatable bonds is 4. The van der Waals surface area contributed by atoms with Crippen molar-refractivity contribution in [3.63, 3.8) is 0 Å². The molecule has 1 unspecified atom stereocenters. The van der Waals surface area contributed by atoms with Crippen LogP contribution in [-0.2, 0) is 6.42 Å². The highest BCUT2D eigenvalue weighted by Gasteiger charge is 2.05. The molecular weight excluding hydrogens is 264 g/mol. The number of hydrogen-bond acceptors (Lipinski definition) is 0. The van der Waals surface area contributed by atoms with E-state index < -0.39 is 0 Å². The Morgan fingerprint density at radius 2 is 1.73 bits per heavy atom. The number of fused-ring (bicyclic) bond motifs is 1. The van der Waals surface area contributed by atoms with Gasteiger partial charge in [-0.05, 0) is 52.7 Å². The third-order valence-corrected chi connectivity index (χ3v) is 3.66. The average molecular weight is 290 g/mol. The number of benzene rings is 2. The van der Waals surface area contributed by atoms with Crippen molar-refractivity contribution in [2.75, 3.05) is 0 Å². The quantitative estimate of drug-likeness (QED) is 0.578. The second kappa shape index (κ2) is 7.32. The maximum Gasteiger partial charge on any atom is -0.0121 e. The lowest BCUT2D eigenvalue weighted by Crippen LogP contribution is -1.99. The second-order valence-electron chi connectivity index (χ2n) is 7.19. The number of hydrogen-bond donors (Lipinski definition) is 0. The molecule has 0 nitrogen and oxygen atoms in total. The van der Waals surface area contributed by atoms with Crippen LogP contribution in [0.3, 0.4) is 0 Å². The summed E-state index contributed by atoms with van der Waals surface area (Å²) in [5.74, 6) is 0.606. The van der Waals surface area contributed by atoms with Gasteiger partial charge in [0.15, 0.2) is 0 Å². The summed E-state index contributed by atoms with van der Waals surface area (Å²) >= 11 is 0. The Morgan fingerprint density at radius 1 is 1.00 bits per heavy atom. The summed E-state index contributed by atoms with van der Waals surface area (Å²) in [5, 5.41) is 2.71. The van der Waals surface area contributed by atoms with Gasteiger partial charge in [-0.1, -0.05) is 81.6 Å². The minimum absolute atomic E-state index is 0.176. The molecule has 1 atom stereocenters. The molecule has 0 aliphatic heterocycles. The van der Waals surface area contributed by atoms with Crippen LogP contribution in [0.4, 0.5) is 0 Å². The van der Waals surface area contributed by atoms with Gasteiger partial charge in [0.05, 0.1) is 0 Å². The van der Waals surface area contributed by atoms with Crippen molar-refractivity contribution in [1.82, 2.24) is 0 Å². The smallest absolute Gasteiger partial charge is 0.0121 e. The van der Waals surface area contributed by atoms with Crippen molar-refractivity contribution in [3.8, 4) is 0 Å². The van der Waals surface area contributed by atoms with E-state index in [1.165, 1.54) is 16.3 Å². The van der Waals surface area contributed by atoms with Gasteiger partial charge < -0.3 is 0 Å². The zero-order valence-corrected chi connectivity index (χ0v) is 14.2. The standard InChI is InChI=1S/C22H26/c1-18(11-6-5-9-16-22(2,3)4)17-20-14-10-13-19-12-7-8-15-21(19)20/h6-8,10,12-16,18H,11,17H2,1-4H3. The second-order valence-corrected chi connectivity index (χ2v) is 7.19. The molecule has 2 aromatic rings. The van der Waals surface area contributed by atoms with Gasteiger partial charge >= 0.3 is 0 Å². The Kier molecular flexibility index (Phi) is 5.45. The monoisotopic (exact) mass is 290 g/mol. The van der Waals surface area contributed by atoms with Gasteiger partial charge in [0.25, 0.3) is 0 Å². The van der Waals surface area contributed by atoms with E-state index in [9.17, 15) is 0 Å². The van der Waals surface area contributed by atoms with Crippen LogP contribution in [0.25, 0.3) is 10.8 Å². The topological polar surface area (TPSA) is 0 Å². The summed E-state index contributed by atoms with van der Waals surface area (Å²) in [7, 11) is 0. The molecule has 2 aromatic carbocycles. The van der Waals surface area contributed by atoms with Gasteiger partial charge in [0.1, 0.15) is 0 Å². The molecule has 0 saturated heterocycles. The normalized spacial score (nSPS) is 12.4. The molecule has 0 radical (unpaired) electrons. The molecule has 0 aromatic heterocycles. The van der Waals surface area contributed by atoms with E-state index in [2.05, 4.69) is 93.8 Å². The van der Waals surface area contributed by atoms with Crippen molar-refractivity contribution < 1.29 is 0 Å². The first-order chi connectivity index (χ1) is 10.5. The van der Waals surface area contributed by atoms with E-state index in [4.69, 9.17) is 0 Å². The summed E-state index contributed by atoms with van der Waals surface area (Å²) in [4.78, 5) is 0. The Morgan fingerprint density at radius 3 is 2.50 bits per heavy atom. The molecule has 0 fully saturated rings. The highest BCUT2D eigenvalue weighted by molar-refractivity contribution is 5.85. The van der Waals surface area contributed by atoms with E-state index in [1.807, 2.05) is 0 Å². The summed E-state index contributed by atoms with van der Waals surface area (Å²) in [5.41, 5.74) is 7.92. The fourth-order valence-electron chi connectivity index (χ4n) is 2.51. The first-order valence-corrected chi connectivity index (χ1v) is 8.09. The summed E-state index contributed by atoms with van der Waals surface area (Å²) < 4.78 is 0. The van der Waals surface area contributed by atoms with Crippen LogP contribution >= 0.6 is 0 Å². The molecule has 22 heavy (non-hydrogen) atoms. The van der Waals surface area contributed by atoms with Crippen LogP contribution in [0.2, 0.25) is 0 Å². The van der Waals surface area contributed by atoms with Gasteiger partial charge in [0.2, 0.25) is 0 Å². The zero-order valence-electron chi connectivity index (χ0n) is 14.2. The molecule has 0 saturated carbocycles. The van der Waals surface area contributed by atoms with Crippen LogP contribution in [-0.4, -0.2) is 0 Å². The maximum atomic E-state index is 3.17. The van der Waals surface area contributed by atoms with Crippen LogP contribution in [0.1, 0.15) is 39.7 Å². The van der Waals surface area contributed by atoms with Crippen molar-refractivity contribution >= 4 is 10.8 Å². The van der Waals surface area contributed by atoms with Crippen molar-refractivity contribution in [3.05, 3.63) is 71.6 Å². The SMILES string of the molecule is CC(CC=C=C=CC(C)(C)C)Cc1cccc2ccccc12. The van der Waals surface area contributed by atoms with Crippen LogP contribution in [0.15, 0.2) is 66.1 Å². The maximum absolute atomic E-state index is 3.17. The lowest BCUT2D eigenvalue weighted by Gasteiger charge is -2.11. The third-order valence-electron chi connectivity index (χ3n) is 3.66. The zero-order chi connectivity index (χ0) is 16.0. The van der Waals surface area contributed by atoms with Gasteiger partial charge in [-0.25, -0.2) is 0 Å². The van der Waals surface area contributed by atoms with Gasteiger partial charge in [0, 0.05) is 0 Å². The van der Waals surface area contributed by atoms with Crippen LogP contribution < -0.4 is 0 Å². The summed E-state index contributed by atoms with van der Waals surface area (Å²) in [6.45, 7) is 8.81. The van der Waals surface area contributed by atoms with E-state index in [-0.39, 0.29) is 5.41 Å².